The summed E-state index contributed by atoms with van der Waals surface area (Å²) in [6, 6.07) is 14.1. The molecule has 2 aromatic carbocycles. The van der Waals surface area contributed by atoms with Crippen LogP contribution in [-0.2, 0) is 0 Å². The Morgan fingerprint density at radius 2 is 1.76 bits per heavy atom. The maximum absolute atomic E-state index is 5.74. The first-order chi connectivity index (χ1) is 8.24. The summed E-state index contributed by atoms with van der Waals surface area (Å²) in [5, 5.41) is 0. The normalized spacial score (nSPS) is 10.9. The lowest BCUT2D eigenvalue weighted by atomic mass is 10.1. The van der Waals surface area contributed by atoms with Crippen molar-refractivity contribution in [2.45, 2.75) is 13.8 Å². The van der Waals surface area contributed by atoms with Crippen LogP contribution in [0.2, 0.25) is 0 Å². The second kappa shape index (κ2) is 3.74. The van der Waals surface area contributed by atoms with Crippen molar-refractivity contribution in [1.29, 1.82) is 0 Å². The van der Waals surface area contributed by atoms with Gasteiger partial charge in [-0.1, -0.05) is 18.2 Å². The third kappa shape index (κ3) is 1.72. The zero-order chi connectivity index (χ0) is 11.8. The van der Waals surface area contributed by atoms with E-state index >= 15 is 0 Å². The average molecular weight is 223 g/mol. The molecule has 2 heteroatoms. The van der Waals surface area contributed by atoms with E-state index in [9.17, 15) is 0 Å². The van der Waals surface area contributed by atoms with Crippen LogP contribution in [0.3, 0.4) is 0 Å². The highest BCUT2D eigenvalue weighted by atomic mass is 16.3. The largest absolute Gasteiger partial charge is 0.436 e. The smallest absolute Gasteiger partial charge is 0.227 e. The molecule has 0 fully saturated rings. The molecule has 3 rings (SSSR count). The van der Waals surface area contributed by atoms with Crippen LogP contribution in [0.1, 0.15) is 11.1 Å². The van der Waals surface area contributed by atoms with E-state index in [1.54, 1.807) is 0 Å². The first-order valence-electron chi connectivity index (χ1n) is 5.67. The minimum Gasteiger partial charge on any atom is -0.436 e. The van der Waals surface area contributed by atoms with E-state index in [0.29, 0.717) is 5.89 Å². The van der Waals surface area contributed by atoms with E-state index in [2.05, 4.69) is 31.0 Å². The van der Waals surface area contributed by atoms with Gasteiger partial charge in [0, 0.05) is 5.56 Å². The number of aryl methyl sites for hydroxylation is 2. The molecule has 2 nitrogen and oxygen atoms in total. The number of para-hydroxylation sites is 2. The van der Waals surface area contributed by atoms with Crippen molar-refractivity contribution in [3.8, 4) is 11.5 Å². The second-order valence-electron chi connectivity index (χ2n) is 4.29. The first kappa shape index (κ1) is 10.1. The van der Waals surface area contributed by atoms with E-state index in [4.69, 9.17) is 4.42 Å². The Hall–Kier alpha value is -2.09. The van der Waals surface area contributed by atoms with Crippen molar-refractivity contribution < 1.29 is 4.42 Å². The molecule has 0 saturated carbocycles. The van der Waals surface area contributed by atoms with Gasteiger partial charge in [-0.15, -0.1) is 0 Å². The third-order valence-electron chi connectivity index (χ3n) is 3.05. The SMILES string of the molecule is Cc1ccc(-c2nc3ccccc3o2)cc1C. The molecule has 17 heavy (non-hydrogen) atoms. The summed E-state index contributed by atoms with van der Waals surface area (Å²) in [4.78, 5) is 4.49. The number of benzene rings is 2. The highest BCUT2D eigenvalue weighted by Gasteiger charge is 2.07. The van der Waals surface area contributed by atoms with Gasteiger partial charge in [-0.2, -0.15) is 0 Å². The molecule has 3 aromatic rings. The lowest BCUT2D eigenvalue weighted by molar-refractivity contribution is 0.620. The van der Waals surface area contributed by atoms with Crippen molar-refractivity contribution in [3.63, 3.8) is 0 Å². The van der Waals surface area contributed by atoms with Crippen molar-refractivity contribution in [2.24, 2.45) is 0 Å². The van der Waals surface area contributed by atoms with Crippen LogP contribution in [0.15, 0.2) is 46.9 Å². The molecule has 0 radical (unpaired) electrons. The molecule has 1 heterocycles. The van der Waals surface area contributed by atoms with E-state index < -0.39 is 0 Å². The molecule has 0 saturated heterocycles. The summed E-state index contributed by atoms with van der Waals surface area (Å²) >= 11 is 0. The van der Waals surface area contributed by atoms with Crippen LogP contribution in [0.4, 0.5) is 0 Å². The van der Waals surface area contributed by atoms with Gasteiger partial charge < -0.3 is 4.42 Å². The fourth-order valence-corrected chi connectivity index (χ4v) is 1.87. The predicted molar refractivity (Wildman–Crippen MR) is 68.9 cm³/mol. The van der Waals surface area contributed by atoms with Gasteiger partial charge in [0.05, 0.1) is 0 Å². The number of aromatic nitrogens is 1. The topological polar surface area (TPSA) is 26.0 Å². The molecule has 0 atom stereocenters. The Morgan fingerprint density at radius 1 is 0.941 bits per heavy atom. The van der Waals surface area contributed by atoms with E-state index in [1.807, 2.05) is 30.3 Å². The van der Waals surface area contributed by atoms with Crippen LogP contribution >= 0.6 is 0 Å². The number of nitrogens with zero attached hydrogens (tertiary/aromatic N) is 1. The second-order valence-corrected chi connectivity index (χ2v) is 4.29. The Morgan fingerprint density at radius 3 is 2.53 bits per heavy atom. The molecule has 84 valence electrons. The molecule has 0 unspecified atom stereocenters. The Bertz CT molecular complexity index is 649. The summed E-state index contributed by atoms with van der Waals surface area (Å²) in [5.74, 6) is 0.689. The van der Waals surface area contributed by atoms with Crippen LogP contribution in [-0.4, -0.2) is 4.98 Å². The molecular weight excluding hydrogens is 210 g/mol. The molecular formula is C15H13NO. The van der Waals surface area contributed by atoms with E-state index in [-0.39, 0.29) is 0 Å². The molecule has 0 N–H and O–H groups in total. The minimum absolute atomic E-state index is 0.689. The fourth-order valence-electron chi connectivity index (χ4n) is 1.87. The molecule has 0 aliphatic carbocycles. The average Bonchev–Trinajstić information content (AvgIpc) is 2.76. The summed E-state index contributed by atoms with van der Waals surface area (Å²) in [7, 11) is 0. The van der Waals surface area contributed by atoms with Gasteiger partial charge in [-0.3, -0.25) is 0 Å². The zero-order valence-corrected chi connectivity index (χ0v) is 9.90. The Kier molecular flexibility index (Phi) is 2.22. The standard InChI is InChI=1S/C15H13NO/c1-10-7-8-12(9-11(10)2)15-16-13-5-3-4-6-14(13)17-15/h3-9H,1-2H3. The summed E-state index contributed by atoms with van der Waals surface area (Å²) in [6.45, 7) is 4.20. The predicted octanol–water partition coefficient (Wildman–Crippen LogP) is 4.11. The maximum atomic E-state index is 5.74. The monoisotopic (exact) mass is 223 g/mol. The molecule has 0 amide bonds. The molecule has 1 aromatic heterocycles. The van der Waals surface area contributed by atoms with Gasteiger partial charge in [0.1, 0.15) is 5.52 Å². The van der Waals surface area contributed by atoms with E-state index in [1.165, 1.54) is 11.1 Å². The molecule has 0 bridgehead atoms. The lowest BCUT2D eigenvalue weighted by Gasteiger charge is -2.01. The fraction of sp³-hybridized carbons (Fsp3) is 0.133. The van der Waals surface area contributed by atoms with Gasteiger partial charge in [0.2, 0.25) is 5.89 Å². The summed E-state index contributed by atoms with van der Waals surface area (Å²) in [6.07, 6.45) is 0. The number of hydrogen-bond acceptors (Lipinski definition) is 2. The van der Waals surface area contributed by atoms with E-state index in [0.717, 1.165) is 16.7 Å². The van der Waals surface area contributed by atoms with Gasteiger partial charge >= 0.3 is 0 Å². The third-order valence-corrected chi connectivity index (χ3v) is 3.05. The maximum Gasteiger partial charge on any atom is 0.227 e. The lowest BCUT2D eigenvalue weighted by Crippen LogP contribution is -1.83. The minimum atomic E-state index is 0.689. The van der Waals surface area contributed by atoms with Crippen LogP contribution in [0.5, 0.6) is 0 Å². The van der Waals surface area contributed by atoms with Crippen LogP contribution in [0.25, 0.3) is 22.6 Å². The highest BCUT2D eigenvalue weighted by molar-refractivity contribution is 5.76. The van der Waals surface area contributed by atoms with Gasteiger partial charge in [-0.05, 0) is 49.2 Å². The van der Waals surface area contributed by atoms with Crippen LogP contribution in [0, 0.1) is 13.8 Å². The van der Waals surface area contributed by atoms with Crippen molar-refractivity contribution >= 4 is 11.1 Å². The Labute approximate surface area is 99.9 Å². The number of hydrogen-bond donors (Lipinski definition) is 0. The van der Waals surface area contributed by atoms with Gasteiger partial charge in [0.15, 0.2) is 5.58 Å². The first-order valence-corrected chi connectivity index (χ1v) is 5.67. The van der Waals surface area contributed by atoms with Gasteiger partial charge in [-0.25, -0.2) is 4.98 Å². The number of oxazole rings is 1. The van der Waals surface area contributed by atoms with Crippen molar-refractivity contribution in [3.05, 3.63) is 53.6 Å². The van der Waals surface area contributed by atoms with Crippen molar-refractivity contribution in [1.82, 2.24) is 4.98 Å². The van der Waals surface area contributed by atoms with Crippen molar-refractivity contribution in [2.75, 3.05) is 0 Å². The summed E-state index contributed by atoms with van der Waals surface area (Å²) < 4.78 is 5.74. The molecule has 0 aliphatic rings. The molecule has 0 spiro atoms. The summed E-state index contributed by atoms with van der Waals surface area (Å²) in [5.41, 5.74) is 5.31. The number of rotatable bonds is 1. The quantitative estimate of drug-likeness (QED) is 0.620. The zero-order valence-electron chi connectivity index (χ0n) is 9.90. The molecule has 0 aliphatic heterocycles. The highest BCUT2D eigenvalue weighted by Crippen LogP contribution is 2.25. The van der Waals surface area contributed by atoms with Crippen LogP contribution < -0.4 is 0 Å². The Balaban J connectivity index is 2.17. The van der Waals surface area contributed by atoms with Gasteiger partial charge in [0.25, 0.3) is 0 Å². The number of fused-ring (bicyclic) bond motifs is 1.